The van der Waals surface area contributed by atoms with Crippen molar-refractivity contribution in [2.24, 2.45) is 17.5 Å². The van der Waals surface area contributed by atoms with Gasteiger partial charge in [0.05, 0.1) is 5.92 Å². The highest BCUT2D eigenvalue weighted by molar-refractivity contribution is 5.71. The van der Waals surface area contributed by atoms with Gasteiger partial charge >= 0.3 is 5.97 Å². The molecule has 13 heavy (non-hydrogen) atoms. The van der Waals surface area contributed by atoms with Crippen LogP contribution in [0.5, 0.6) is 0 Å². The second kappa shape index (κ2) is 6.86. The molecule has 2 atom stereocenters. The van der Waals surface area contributed by atoms with Crippen molar-refractivity contribution in [3.63, 3.8) is 0 Å². The summed E-state index contributed by atoms with van der Waals surface area (Å²) >= 11 is 0. The van der Waals surface area contributed by atoms with E-state index in [-0.39, 0.29) is 17.9 Å². The fourth-order valence-electron chi connectivity index (χ4n) is 1.12. The van der Waals surface area contributed by atoms with E-state index < -0.39 is 0 Å². The number of hydrogen-bond donors (Lipinski definition) is 2. The lowest BCUT2D eigenvalue weighted by molar-refractivity contribution is -0.148. The van der Waals surface area contributed by atoms with Gasteiger partial charge in [0, 0.05) is 6.04 Å². The van der Waals surface area contributed by atoms with E-state index in [0.717, 1.165) is 25.7 Å². The summed E-state index contributed by atoms with van der Waals surface area (Å²) in [4.78, 5) is 15.0. The van der Waals surface area contributed by atoms with Crippen molar-refractivity contribution in [3.05, 3.63) is 0 Å². The van der Waals surface area contributed by atoms with Crippen LogP contribution >= 0.6 is 0 Å². The minimum atomic E-state index is -0.343. The number of nitrogens with two attached hydrogens (primary N) is 2. The standard InChI is InChI=1S/C9H20N2O2/c1-3-8(10)6-4-5-7(2)9(12)13-11/h7-8H,3-6,10-11H2,1-2H3. The predicted octanol–water partition coefficient (Wildman–Crippen LogP) is 0.947. The van der Waals surface area contributed by atoms with Crippen molar-refractivity contribution in [3.8, 4) is 0 Å². The Balaban J connectivity index is 3.47. The third-order valence-electron chi connectivity index (χ3n) is 2.25. The fourth-order valence-corrected chi connectivity index (χ4v) is 1.12. The first kappa shape index (κ1) is 12.4. The molecular weight excluding hydrogens is 168 g/mol. The molecule has 4 N–H and O–H groups in total. The minimum absolute atomic E-state index is 0.117. The van der Waals surface area contributed by atoms with Crippen LogP contribution in [-0.4, -0.2) is 12.0 Å². The summed E-state index contributed by atoms with van der Waals surface area (Å²) in [6, 6.07) is 0.251. The van der Waals surface area contributed by atoms with Gasteiger partial charge in [-0.2, -0.15) is 5.90 Å². The molecule has 0 amide bonds. The molecule has 4 heteroatoms. The van der Waals surface area contributed by atoms with Gasteiger partial charge in [-0.15, -0.1) is 0 Å². The zero-order chi connectivity index (χ0) is 10.3. The van der Waals surface area contributed by atoms with Crippen molar-refractivity contribution >= 4 is 5.97 Å². The van der Waals surface area contributed by atoms with Gasteiger partial charge in [-0.3, -0.25) is 4.79 Å². The molecule has 0 saturated heterocycles. The summed E-state index contributed by atoms with van der Waals surface area (Å²) in [7, 11) is 0. The molecule has 0 aromatic carbocycles. The van der Waals surface area contributed by atoms with Crippen LogP contribution in [0, 0.1) is 5.92 Å². The zero-order valence-corrected chi connectivity index (χ0v) is 8.45. The lowest BCUT2D eigenvalue weighted by Crippen LogP contribution is -2.21. The van der Waals surface area contributed by atoms with Gasteiger partial charge < -0.3 is 10.6 Å². The molecule has 0 aliphatic heterocycles. The molecule has 4 nitrogen and oxygen atoms in total. The van der Waals surface area contributed by atoms with Crippen molar-refractivity contribution in [1.82, 2.24) is 0 Å². The molecule has 0 heterocycles. The van der Waals surface area contributed by atoms with Crippen LogP contribution in [0.25, 0.3) is 0 Å². The van der Waals surface area contributed by atoms with Crippen molar-refractivity contribution in [1.29, 1.82) is 0 Å². The maximum Gasteiger partial charge on any atom is 0.327 e. The fraction of sp³-hybridized carbons (Fsp3) is 0.889. The summed E-state index contributed by atoms with van der Waals surface area (Å²) in [5.41, 5.74) is 5.73. The monoisotopic (exact) mass is 188 g/mol. The minimum Gasteiger partial charge on any atom is -0.373 e. The third-order valence-corrected chi connectivity index (χ3v) is 2.25. The average molecular weight is 188 g/mol. The Kier molecular flexibility index (Phi) is 6.54. The van der Waals surface area contributed by atoms with Crippen LogP contribution in [0.3, 0.4) is 0 Å². The van der Waals surface area contributed by atoms with Crippen LogP contribution in [-0.2, 0) is 9.63 Å². The van der Waals surface area contributed by atoms with Crippen LogP contribution < -0.4 is 11.6 Å². The van der Waals surface area contributed by atoms with Crippen LogP contribution in [0.15, 0.2) is 0 Å². The Morgan fingerprint density at radius 2 is 2.08 bits per heavy atom. The molecular formula is C9H20N2O2. The highest BCUT2D eigenvalue weighted by atomic mass is 16.7. The van der Waals surface area contributed by atoms with Crippen LogP contribution in [0.2, 0.25) is 0 Å². The normalized spacial score (nSPS) is 15.1. The number of carbonyl (C=O) groups is 1. The summed E-state index contributed by atoms with van der Waals surface area (Å²) in [5, 5.41) is 0. The lowest BCUT2D eigenvalue weighted by Gasteiger charge is -2.10. The van der Waals surface area contributed by atoms with Crippen molar-refractivity contribution < 1.29 is 9.63 Å². The zero-order valence-electron chi connectivity index (χ0n) is 8.45. The van der Waals surface area contributed by atoms with Gasteiger partial charge in [0.2, 0.25) is 0 Å². The SMILES string of the molecule is CCC(N)CCCC(C)C(=O)ON. The lowest BCUT2D eigenvalue weighted by atomic mass is 10.0. The topological polar surface area (TPSA) is 78.3 Å². The molecule has 0 radical (unpaired) electrons. The molecule has 0 saturated carbocycles. The molecule has 78 valence electrons. The molecule has 2 unspecified atom stereocenters. The van der Waals surface area contributed by atoms with E-state index in [1.165, 1.54) is 0 Å². The van der Waals surface area contributed by atoms with Crippen molar-refractivity contribution in [2.75, 3.05) is 0 Å². The Hall–Kier alpha value is -0.610. The summed E-state index contributed by atoms with van der Waals surface area (Å²) < 4.78 is 0. The van der Waals surface area contributed by atoms with E-state index in [1.54, 1.807) is 0 Å². The van der Waals surface area contributed by atoms with Gasteiger partial charge in [0.25, 0.3) is 0 Å². The molecule has 0 aromatic heterocycles. The van der Waals surface area contributed by atoms with E-state index in [9.17, 15) is 4.79 Å². The quantitative estimate of drug-likeness (QED) is 0.608. The first-order chi connectivity index (χ1) is 6.11. The summed E-state index contributed by atoms with van der Waals surface area (Å²) in [6.07, 6.45) is 3.68. The van der Waals surface area contributed by atoms with Crippen LogP contribution in [0.1, 0.15) is 39.5 Å². The smallest absolute Gasteiger partial charge is 0.327 e. The Labute approximate surface area is 79.6 Å². The van der Waals surface area contributed by atoms with E-state index in [0.29, 0.717) is 0 Å². The second-order valence-electron chi connectivity index (χ2n) is 3.44. The predicted molar refractivity (Wildman–Crippen MR) is 51.6 cm³/mol. The van der Waals surface area contributed by atoms with Gasteiger partial charge in [-0.05, 0) is 19.3 Å². The van der Waals surface area contributed by atoms with E-state index in [4.69, 9.17) is 11.6 Å². The third kappa shape index (κ3) is 5.60. The molecule has 0 fully saturated rings. The second-order valence-corrected chi connectivity index (χ2v) is 3.44. The molecule has 0 rings (SSSR count). The van der Waals surface area contributed by atoms with Gasteiger partial charge in [-0.1, -0.05) is 20.3 Å². The molecule has 0 aliphatic carbocycles. The van der Waals surface area contributed by atoms with E-state index in [2.05, 4.69) is 11.8 Å². The Morgan fingerprint density at radius 1 is 1.46 bits per heavy atom. The summed E-state index contributed by atoms with van der Waals surface area (Å²) in [6.45, 7) is 3.87. The maximum absolute atomic E-state index is 10.9. The van der Waals surface area contributed by atoms with Gasteiger partial charge in [0.15, 0.2) is 0 Å². The molecule has 0 aromatic rings. The number of hydrogen-bond acceptors (Lipinski definition) is 4. The molecule has 0 spiro atoms. The highest BCUT2D eigenvalue weighted by Gasteiger charge is 2.13. The van der Waals surface area contributed by atoms with Gasteiger partial charge in [-0.25, -0.2) is 0 Å². The number of carbonyl (C=O) groups excluding carboxylic acids is 1. The number of rotatable bonds is 6. The van der Waals surface area contributed by atoms with Crippen molar-refractivity contribution in [2.45, 2.75) is 45.6 Å². The average Bonchev–Trinajstić information content (AvgIpc) is 2.15. The van der Waals surface area contributed by atoms with Crippen LogP contribution in [0.4, 0.5) is 0 Å². The first-order valence-electron chi connectivity index (χ1n) is 4.78. The van der Waals surface area contributed by atoms with Gasteiger partial charge in [0.1, 0.15) is 0 Å². The first-order valence-corrected chi connectivity index (χ1v) is 4.78. The van der Waals surface area contributed by atoms with E-state index >= 15 is 0 Å². The molecule has 0 bridgehead atoms. The highest BCUT2D eigenvalue weighted by Crippen LogP contribution is 2.10. The molecule has 0 aliphatic rings. The maximum atomic E-state index is 10.9. The summed E-state index contributed by atoms with van der Waals surface area (Å²) in [5.74, 6) is 4.30. The van der Waals surface area contributed by atoms with E-state index in [1.807, 2.05) is 6.92 Å². The Bertz CT molecular complexity index is 151. The Morgan fingerprint density at radius 3 is 2.54 bits per heavy atom. The largest absolute Gasteiger partial charge is 0.373 e.